The molecule has 3 rings (SSSR count). The molecule has 1 fully saturated rings. The van der Waals surface area contributed by atoms with E-state index < -0.39 is 0 Å². The third-order valence-corrected chi connectivity index (χ3v) is 4.89. The van der Waals surface area contributed by atoms with E-state index in [2.05, 4.69) is 74.7 Å². The second kappa shape index (κ2) is 5.65. The molecule has 0 aliphatic heterocycles. The summed E-state index contributed by atoms with van der Waals surface area (Å²) in [6.45, 7) is 5.48. The molecule has 0 aromatic heterocycles. The van der Waals surface area contributed by atoms with E-state index in [1.165, 1.54) is 35.1 Å². The fourth-order valence-electron chi connectivity index (χ4n) is 3.95. The Labute approximate surface area is 128 Å². The number of aryl methyl sites for hydroxylation is 2. The van der Waals surface area contributed by atoms with Crippen molar-refractivity contribution >= 4 is 0 Å². The molecule has 0 heterocycles. The van der Waals surface area contributed by atoms with Crippen molar-refractivity contribution in [1.29, 1.82) is 0 Å². The van der Waals surface area contributed by atoms with Crippen LogP contribution in [0.5, 0.6) is 0 Å². The average molecular weight is 279 g/mol. The van der Waals surface area contributed by atoms with Gasteiger partial charge in [0.15, 0.2) is 0 Å². The van der Waals surface area contributed by atoms with E-state index in [1.807, 2.05) is 0 Å². The predicted octanol–water partition coefficient (Wildman–Crippen LogP) is 4.34. The first-order valence-electron chi connectivity index (χ1n) is 7.91. The molecular weight excluding hydrogens is 254 g/mol. The first-order chi connectivity index (χ1) is 10.1. The summed E-state index contributed by atoms with van der Waals surface area (Å²) in [5.41, 5.74) is 6.08. The molecule has 0 bridgehead atoms. The van der Waals surface area contributed by atoms with Gasteiger partial charge in [-0.2, -0.15) is 0 Å². The van der Waals surface area contributed by atoms with Crippen molar-refractivity contribution in [1.82, 2.24) is 5.32 Å². The lowest BCUT2D eigenvalue weighted by Crippen LogP contribution is -2.47. The third-order valence-electron chi connectivity index (χ3n) is 4.89. The van der Waals surface area contributed by atoms with E-state index in [4.69, 9.17) is 0 Å². The van der Waals surface area contributed by atoms with Crippen LogP contribution in [0, 0.1) is 13.8 Å². The molecule has 1 nitrogen and oxygen atoms in total. The topological polar surface area (TPSA) is 12.0 Å². The predicted molar refractivity (Wildman–Crippen MR) is 89.9 cm³/mol. The maximum Gasteiger partial charge on any atom is 0.00894 e. The van der Waals surface area contributed by atoms with E-state index in [1.54, 1.807) is 0 Å². The maximum absolute atomic E-state index is 3.42. The monoisotopic (exact) mass is 279 g/mol. The number of benzene rings is 2. The number of rotatable bonds is 4. The Balaban J connectivity index is 1.86. The van der Waals surface area contributed by atoms with E-state index in [-0.39, 0.29) is 0 Å². The van der Waals surface area contributed by atoms with Crippen LogP contribution in [-0.2, 0) is 5.41 Å². The molecule has 1 aliphatic carbocycles. The zero-order chi connectivity index (χ0) is 14.9. The van der Waals surface area contributed by atoms with Crippen LogP contribution in [-0.4, -0.2) is 13.6 Å². The minimum atomic E-state index is 0.312. The Morgan fingerprint density at radius 3 is 2.19 bits per heavy atom. The first kappa shape index (κ1) is 14.3. The van der Waals surface area contributed by atoms with E-state index >= 15 is 0 Å². The largest absolute Gasteiger partial charge is 0.319 e. The number of likely N-dealkylation sites (N-methyl/N-ethyl adjacent to an activating group) is 1. The van der Waals surface area contributed by atoms with Gasteiger partial charge in [-0.25, -0.2) is 0 Å². The van der Waals surface area contributed by atoms with Gasteiger partial charge >= 0.3 is 0 Å². The zero-order valence-electron chi connectivity index (χ0n) is 13.3. The Bertz CT molecular complexity index is 589. The van der Waals surface area contributed by atoms with Crippen LogP contribution in [0.3, 0.4) is 0 Å². The van der Waals surface area contributed by atoms with Crippen molar-refractivity contribution in [3.63, 3.8) is 0 Å². The summed E-state index contributed by atoms with van der Waals surface area (Å²) in [4.78, 5) is 0. The van der Waals surface area contributed by atoms with Gasteiger partial charge in [-0.15, -0.1) is 0 Å². The maximum atomic E-state index is 3.42. The van der Waals surface area contributed by atoms with Gasteiger partial charge < -0.3 is 5.32 Å². The summed E-state index contributed by atoms with van der Waals surface area (Å²) in [5, 5.41) is 3.42. The van der Waals surface area contributed by atoms with Crippen LogP contribution in [0.4, 0.5) is 0 Å². The highest BCUT2D eigenvalue weighted by molar-refractivity contribution is 5.39. The Morgan fingerprint density at radius 1 is 1.00 bits per heavy atom. The Kier molecular flexibility index (Phi) is 3.86. The van der Waals surface area contributed by atoms with Crippen LogP contribution >= 0.6 is 0 Å². The van der Waals surface area contributed by atoms with Crippen LogP contribution in [0.25, 0.3) is 0 Å². The van der Waals surface area contributed by atoms with Crippen molar-refractivity contribution in [3.8, 4) is 0 Å². The number of hydrogen-bond donors (Lipinski definition) is 1. The highest BCUT2D eigenvalue weighted by atomic mass is 14.8. The summed E-state index contributed by atoms with van der Waals surface area (Å²) in [6, 6.07) is 18.0. The van der Waals surface area contributed by atoms with Crippen molar-refractivity contribution in [2.45, 2.75) is 38.0 Å². The lowest BCUT2D eigenvalue weighted by Gasteiger charge is -2.49. The van der Waals surface area contributed by atoms with Gasteiger partial charge in [-0.3, -0.25) is 0 Å². The van der Waals surface area contributed by atoms with E-state index in [0.29, 0.717) is 11.3 Å². The van der Waals surface area contributed by atoms with E-state index in [9.17, 15) is 0 Å². The second-order valence-corrected chi connectivity index (χ2v) is 6.70. The molecule has 21 heavy (non-hydrogen) atoms. The molecule has 2 aromatic carbocycles. The van der Waals surface area contributed by atoms with Gasteiger partial charge in [0.1, 0.15) is 0 Å². The fourth-order valence-corrected chi connectivity index (χ4v) is 3.95. The second-order valence-electron chi connectivity index (χ2n) is 6.70. The van der Waals surface area contributed by atoms with Crippen molar-refractivity contribution in [2.24, 2.45) is 0 Å². The summed E-state index contributed by atoms with van der Waals surface area (Å²) in [7, 11) is 2.07. The lowest BCUT2D eigenvalue weighted by molar-refractivity contribution is 0.198. The summed E-state index contributed by atoms with van der Waals surface area (Å²) in [6.07, 6.45) is 2.50. The summed E-state index contributed by atoms with van der Waals surface area (Å²) >= 11 is 0. The molecule has 1 aliphatic rings. The van der Waals surface area contributed by atoms with Gasteiger partial charge in [0.2, 0.25) is 0 Å². The molecule has 0 spiro atoms. The summed E-state index contributed by atoms with van der Waals surface area (Å²) < 4.78 is 0. The molecule has 1 N–H and O–H groups in total. The van der Waals surface area contributed by atoms with Gasteiger partial charge in [-0.05, 0) is 50.8 Å². The average Bonchev–Trinajstić information content (AvgIpc) is 2.42. The van der Waals surface area contributed by atoms with Crippen molar-refractivity contribution in [2.75, 3.05) is 13.6 Å². The minimum absolute atomic E-state index is 0.312. The molecular formula is C20H25N. The molecule has 1 saturated carbocycles. The molecule has 0 unspecified atom stereocenters. The van der Waals surface area contributed by atoms with E-state index in [0.717, 1.165) is 6.54 Å². The van der Waals surface area contributed by atoms with Crippen LogP contribution in [0.2, 0.25) is 0 Å². The SMILES string of the molecule is CNCC1(c2cc(C)cc(C)c2)CC(c2ccccc2)C1. The van der Waals surface area contributed by atoms with Crippen LogP contribution in [0.1, 0.15) is 41.0 Å². The molecule has 2 aromatic rings. The lowest BCUT2D eigenvalue weighted by atomic mass is 9.56. The zero-order valence-corrected chi connectivity index (χ0v) is 13.3. The molecule has 0 amide bonds. The minimum Gasteiger partial charge on any atom is -0.319 e. The normalized spacial score (nSPS) is 24.6. The Hall–Kier alpha value is -1.60. The molecule has 110 valence electrons. The summed E-state index contributed by atoms with van der Waals surface area (Å²) in [5.74, 6) is 0.709. The Morgan fingerprint density at radius 2 is 1.62 bits per heavy atom. The highest BCUT2D eigenvalue weighted by Crippen LogP contribution is 2.52. The highest BCUT2D eigenvalue weighted by Gasteiger charge is 2.45. The standard InChI is InChI=1S/C20H25N/c1-15-9-16(2)11-19(10-15)20(14-21-3)12-18(13-20)17-7-5-4-6-8-17/h4-11,18,21H,12-14H2,1-3H3. The number of hydrogen-bond acceptors (Lipinski definition) is 1. The van der Waals surface area contributed by atoms with Crippen molar-refractivity contribution < 1.29 is 0 Å². The van der Waals surface area contributed by atoms with Crippen LogP contribution in [0.15, 0.2) is 48.5 Å². The van der Waals surface area contributed by atoms with Gasteiger partial charge in [0, 0.05) is 12.0 Å². The van der Waals surface area contributed by atoms with Gasteiger partial charge in [0.25, 0.3) is 0 Å². The van der Waals surface area contributed by atoms with Crippen molar-refractivity contribution in [3.05, 3.63) is 70.8 Å². The smallest absolute Gasteiger partial charge is 0.00894 e. The third kappa shape index (κ3) is 2.75. The first-order valence-corrected chi connectivity index (χ1v) is 7.91. The molecule has 0 atom stereocenters. The molecule has 0 saturated heterocycles. The molecule has 1 heteroatoms. The fraction of sp³-hybridized carbons (Fsp3) is 0.400. The quantitative estimate of drug-likeness (QED) is 0.878. The number of nitrogens with one attached hydrogen (secondary N) is 1. The molecule has 0 radical (unpaired) electrons. The van der Waals surface area contributed by atoms with Crippen LogP contribution < -0.4 is 5.32 Å². The van der Waals surface area contributed by atoms with Gasteiger partial charge in [0.05, 0.1) is 0 Å². The van der Waals surface area contributed by atoms with Gasteiger partial charge in [-0.1, -0.05) is 59.7 Å².